The summed E-state index contributed by atoms with van der Waals surface area (Å²) in [6.45, 7) is 9.44. The maximum absolute atomic E-state index is 15.3. The third kappa shape index (κ3) is 5.00. The molecule has 0 amide bonds. The monoisotopic (exact) mass is 585 g/mol. The van der Waals surface area contributed by atoms with E-state index in [1.807, 2.05) is 38.6 Å². The van der Waals surface area contributed by atoms with E-state index in [9.17, 15) is 14.7 Å². The second kappa shape index (κ2) is 10.5. The summed E-state index contributed by atoms with van der Waals surface area (Å²) in [5, 5.41) is 29.5. The number of aromatic amines is 1. The Morgan fingerprint density at radius 3 is 2.70 bits per heavy atom. The first-order valence-corrected chi connectivity index (χ1v) is 13.9. The lowest BCUT2D eigenvalue weighted by Gasteiger charge is -2.22. The van der Waals surface area contributed by atoms with Crippen LogP contribution >= 0.6 is 0 Å². The van der Waals surface area contributed by atoms with Crippen LogP contribution in [0.5, 0.6) is 0 Å². The molecule has 0 fully saturated rings. The highest BCUT2D eigenvalue weighted by Crippen LogP contribution is 2.31. The summed E-state index contributed by atoms with van der Waals surface area (Å²) in [7, 11) is 2.04. The van der Waals surface area contributed by atoms with Gasteiger partial charge in [0.15, 0.2) is 11.6 Å². The molecule has 3 N–H and O–H groups in total. The number of likely N-dealkylation sites (N-methyl/N-ethyl adjacent to an activating group) is 1. The van der Waals surface area contributed by atoms with E-state index < -0.39 is 23.5 Å². The third-order valence-corrected chi connectivity index (χ3v) is 7.82. The van der Waals surface area contributed by atoms with Crippen LogP contribution in [0.2, 0.25) is 0 Å². The number of nitrogens with one attached hydrogen (secondary N) is 2. The van der Waals surface area contributed by atoms with Crippen molar-refractivity contribution in [1.29, 1.82) is 0 Å². The van der Waals surface area contributed by atoms with Crippen molar-refractivity contribution in [3.63, 3.8) is 0 Å². The molecule has 0 spiro atoms. The first kappa shape index (κ1) is 28.4. The Hall–Kier alpha value is -4.75. The summed E-state index contributed by atoms with van der Waals surface area (Å²) in [4.78, 5) is 32.9. The average Bonchev–Trinajstić information content (AvgIpc) is 3.36. The van der Waals surface area contributed by atoms with Crippen LogP contribution in [0.4, 0.5) is 15.9 Å². The van der Waals surface area contributed by atoms with Gasteiger partial charge in [0.05, 0.1) is 36.1 Å². The Morgan fingerprint density at radius 1 is 1.16 bits per heavy atom. The molecule has 0 unspecified atom stereocenters. The maximum Gasteiger partial charge on any atom is 0.288 e. The fraction of sp³-hybridized carbons (Fsp3) is 0.333. The van der Waals surface area contributed by atoms with Crippen molar-refractivity contribution in [2.24, 2.45) is 0 Å². The minimum atomic E-state index is -0.710. The molecule has 4 aromatic heterocycles. The second-order valence-corrected chi connectivity index (χ2v) is 11.9. The molecule has 1 aromatic carbocycles. The molecule has 0 atom stereocenters. The topological polar surface area (TPSA) is 147 Å². The zero-order valence-corrected chi connectivity index (χ0v) is 24.6. The number of fused-ring (bicyclic) bond motifs is 2. The molecule has 0 bridgehead atoms. The molecule has 0 saturated heterocycles. The Labute approximate surface area is 245 Å². The molecule has 0 aliphatic carbocycles. The number of hydrogen-bond acceptors (Lipinski definition) is 9. The van der Waals surface area contributed by atoms with Gasteiger partial charge in [0.1, 0.15) is 11.5 Å². The van der Waals surface area contributed by atoms with E-state index in [4.69, 9.17) is 0 Å². The van der Waals surface area contributed by atoms with Crippen LogP contribution < -0.4 is 16.4 Å². The minimum Gasteiger partial charge on any atom is -0.392 e. The van der Waals surface area contributed by atoms with E-state index in [-0.39, 0.29) is 27.9 Å². The van der Waals surface area contributed by atoms with Gasteiger partial charge in [0, 0.05) is 47.4 Å². The smallest absolute Gasteiger partial charge is 0.288 e. The predicted octanol–water partition coefficient (Wildman–Crippen LogP) is 3.15. The lowest BCUT2D eigenvalue weighted by atomic mass is 9.86. The van der Waals surface area contributed by atoms with Crippen molar-refractivity contribution in [2.45, 2.75) is 52.8 Å². The number of aromatic nitrogens is 7. The molecule has 12 nitrogen and oxygen atoms in total. The molecule has 1 aliphatic heterocycles. The summed E-state index contributed by atoms with van der Waals surface area (Å²) in [6.07, 6.45) is 2.86. The number of anilines is 2. The van der Waals surface area contributed by atoms with Gasteiger partial charge in [-0.05, 0) is 43.1 Å². The molecule has 5 aromatic rings. The molecule has 1 aliphatic rings. The van der Waals surface area contributed by atoms with Crippen molar-refractivity contribution in [1.82, 2.24) is 39.6 Å². The Balaban J connectivity index is 1.44. The maximum atomic E-state index is 15.3. The van der Waals surface area contributed by atoms with E-state index in [0.29, 0.717) is 28.0 Å². The van der Waals surface area contributed by atoms with Gasteiger partial charge in [-0.2, -0.15) is 20.0 Å². The van der Waals surface area contributed by atoms with Crippen LogP contribution in [0.1, 0.15) is 43.2 Å². The lowest BCUT2D eigenvalue weighted by Crippen LogP contribution is -2.30. The fourth-order valence-corrected chi connectivity index (χ4v) is 5.39. The number of aliphatic hydroxyl groups is 1. The summed E-state index contributed by atoms with van der Waals surface area (Å²) in [5.74, 6) is -0.108. The number of H-pyrrole nitrogens is 1. The number of halogens is 1. The van der Waals surface area contributed by atoms with Crippen molar-refractivity contribution in [3.8, 4) is 17.1 Å². The van der Waals surface area contributed by atoms with Crippen molar-refractivity contribution < 1.29 is 9.50 Å². The van der Waals surface area contributed by atoms with E-state index in [1.165, 1.54) is 18.5 Å². The summed E-state index contributed by atoms with van der Waals surface area (Å²) in [5.41, 5.74) is 2.04. The molecule has 43 heavy (non-hydrogen) atoms. The van der Waals surface area contributed by atoms with Gasteiger partial charge in [-0.1, -0.05) is 20.8 Å². The molecular formula is C30H32FN9O3. The molecule has 6 rings (SSSR count). The highest BCUT2D eigenvalue weighted by atomic mass is 19.1. The number of nitrogens with zero attached hydrogens (tertiary/aromatic N) is 7. The quantitative estimate of drug-likeness (QED) is 0.283. The molecule has 13 heteroatoms. The highest BCUT2D eigenvalue weighted by molar-refractivity contribution is 5.83. The Bertz CT molecular complexity index is 2010. The zero-order chi connectivity index (χ0) is 30.6. The summed E-state index contributed by atoms with van der Waals surface area (Å²) < 4.78 is 18.2. The van der Waals surface area contributed by atoms with Crippen molar-refractivity contribution >= 4 is 22.3 Å². The van der Waals surface area contributed by atoms with E-state index >= 15 is 4.39 Å². The van der Waals surface area contributed by atoms with Crippen LogP contribution in [0, 0.1) is 12.7 Å². The van der Waals surface area contributed by atoms with Gasteiger partial charge in [-0.15, -0.1) is 0 Å². The largest absolute Gasteiger partial charge is 0.392 e. The van der Waals surface area contributed by atoms with Crippen molar-refractivity contribution in [2.75, 3.05) is 18.9 Å². The lowest BCUT2D eigenvalue weighted by molar-refractivity contribution is 0.259. The van der Waals surface area contributed by atoms with Gasteiger partial charge < -0.3 is 10.4 Å². The number of benzene rings is 1. The van der Waals surface area contributed by atoms with Crippen LogP contribution in [0.25, 0.3) is 27.8 Å². The number of rotatable bonds is 5. The SMILES string of the molecule is Cc1c(-c2ccnc(-n3ncc4cc(C(C)(C)C)cc(F)c4c3=O)c2CO)n[nH]c(=O)c1Nc1cc2n(n1)CCN(C)C2. The normalized spacial score (nSPS) is 13.8. The Kier molecular flexibility index (Phi) is 6.93. The van der Waals surface area contributed by atoms with E-state index in [2.05, 4.69) is 35.6 Å². The third-order valence-electron chi connectivity index (χ3n) is 7.82. The fourth-order valence-electron chi connectivity index (χ4n) is 5.39. The van der Waals surface area contributed by atoms with E-state index in [1.54, 1.807) is 19.1 Å². The standard InChI is InChI=1S/C30H32FN9O3/c1-16-25(35-36-28(42)26(16)34-23-12-19-14-38(5)8-9-39(19)37-23)20-6-7-32-27(21(20)15-41)40-29(43)24-17(13-33-40)10-18(11-22(24)31)30(2,3)4/h6-7,10-13,41H,8-9,14-15H2,1-5H3,(H,36,42)(H,34,35,37). The van der Waals surface area contributed by atoms with Gasteiger partial charge >= 0.3 is 0 Å². The van der Waals surface area contributed by atoms with Crippen LogP contribution in [-0.4, -0.2) is 58.3 Å². The highest BCUT2D eigenvalue weighted by Gasteiger charge is 2.23. The molecule has 5 heterocycles. The zero-order valence-electron chi connectivity index (χ0n) is 24.6. The van der Waals surface area contributed by atoms with Gasteiger partial charge in [0.25, 0.3) is 11.1 Å². The van der Waals surface area contributed by atoms with Gasteiger partial charge in [-0.3, -0.25) is 19.2 Å². The number of aliphatic hydroxyl groups excluding tert-OH is 1. The van der Waals surface area contributed by atoms with Crippen LogP contribution in [0.3, 0.4) is 0 Å². The minimum absolute atomic E-state index is 0.0269. The van der Waals surface area contributed by atoms with Crippen LogP contribution in [-0.2, 0) is 25.1 Å². The van der Waals surface area contributed by atoms with Crippen LogP contribution in [0.15, 0.2) is 46.2 Å². The first-order valence-electron chi connectivity index (χ1n) is 13.9. The summed E-state index contributed by atoms with van der Waals surface area (Å²) >= 11 is 0. The van der Waals surface area contributed by atoms with Gasteiger partial charge in [-0.25, -0.2) is 14.5 Å². The van der Waals surface area contributed by atoms with Crippen molar-refractivity contribution in [3.05, 3.63) is 85.6 Å². The molecule has 222 valence electrons. The molecular weight excluding hydrogens is 553 g/mol. The first-order chi connectivity index (χ1) is 20.5. The van der Waals surface area contributed by atoms with E-state index in [0.717, 1.165) is 35.6 Å². The number of pyridine rings is 1. The number of hydrogen-bond donors (Lipinski definition) is 3. The summed E-state index contributed by atoms with van der Waals surface area (Å²) in [6, 6.07) is 6.65. The second-order valence-electron chi connectivity index (χ2n) is 11.9. The molecule has 0 saturated carbocycles. The molecule has 0 radical (unpaired) electrons. The van der Waals surface area contributed by atoms with Gasteiger partial charge in [0.2, 0.25) is 0 Å². The predicted molar refractivity (Wildman–Crippen MR) is 160 cm³/mol. The average molecular weight is 586 g/mol. The Morgan fingerprint density at radius 2 is 1.95 bits per heavy atom.